The number of aromatic nitrogens is 3. The van der Waals surface area contributed by atoms with E-state index in [0.29, 0.717) is 22.0 Å². The number of rotatable bonds is 4. The molecule has 0 spiro atoms. The maximum Gasteiger partial charge on any atom is 0.274 e. The van der Waals surface area contributed by atoms with Crippen molar-refractivity contribution in [3.05, 3.63) is 71.3 Å². The molecular weight excluding hydrogens is 328 g/mol. The standard InChI is InChI=1S/C17H13ClN4O2/c1-11(23)12-3-4-14(18)15(9-12)21-17(24)16-10-13(5-7-19-16)22-8-2-6-20-22/h2-10H,1H3,(H,21,24). The Balaban J connectivity index is 1.87. The molecule has 3 aromatic rings. The number of carbonyl (C=O) groups excluding carboxylic acids is 2. The average Bonchev–Trinajstić information content (AvgIpc) is 3.11. The maximum atomic E-state index is 12.4. The number of hydrogen-bond acceptors (Lipinski definition) is 4. The van der Waals surface area contributed by atoms with E-state index in [2.05, 4.69) is 15.4 Å². The fourth-order valence-corrected chi connectivity index (χ4v) is 2.30. The van der Waals surface area contributed by atoms with Crippen molar-refractivity contribution in [2.24, 2.45) is 0 Å². The summed E-state index contributed by atoms with van der Waals surface area (Å²) in [5, 5.41) is 7.14. The van der Waals surface area contributed by atoms with Gasteiger partial charge >= 0.3 is 0 Å². The SMILES string of the molecule is CC(=O)c1ccc(Cl)c(NC(=O)c2cc(-n3cccn3)ccn2)c1. The third kappa shape index (κ3) is 3.33. The Morgan fingerprint density at radius 1 is 1.17 bits per heavy atom. The normalized spacial score (nSPS) is 10.4. The minimum Gasteiger partial charge on any atom is -0.319 e. The molecule has 0 atom stereocenters. The second-order valence-electron chi connectivity index (χ2n) is 5.05. The molecule has 0 saturated carbocycles. The molecule has 0 aliphatic carbocycles. The quantitative estimate of drug-likeness (QED) is 0.739. The van der Waals surface area contributed by atoms with E-state index in [-0.39, 0.29) is 11.5 Å². The first-order valence-corrected chi connectivity index (χ1v) is 7.50. The fourth-order valence-electron chi connectivity index (χ4n) is 2.13. The van der Waals surface area contributed by atoms with E-state index in [1.807, 2.05) is 0 Å². The molecule has 3 rings (SSSR count). The number of pyridine rings is 1. The molecule has 0 bridgehead atoms. The molecule has 0 aliphatic heterocycles. The van der Waals surface area contributed by atoms with Crippen LogP contribution in [-0.2, 0) is 0 Å². The highest BCUT2D eigenvalue weighted by atomic mass is 35.5. The third-order valence-corrected chi connectivity index (χ3v) is 3.70. The van der Waals surface area contributed by atoms with Gasteiger partial charge in [-0.3, -0.25) is 14.6 Å². The van der Waals surface area contributed by atoms with Crippen molar-refractivity contribution < 1.29 is 9.59 Å². The summed E-state index contributed by atoms with van der Waals surface area (Å²) < 4.78 is 1.63. The molecule has 0 radical (unpaired) electrons. The van der Waals surface area contributed by atoms with E-state index in [4.69, 9.17) is 11.6 Å². The highest BCUT2D eigenvalue weighted by Crippen LogP contribution is 2.24. The molecule has 1 amide bonds. The van der Waals surface area contributed by atoms with Gasteiger partial charge in [0.15, 0.2) is 5.78 Å². The van der Waals surface area contributed by atoms with E-state index in [0.717, 1.165) is 0 Å². The summed E-state index contributed by atoms with van der Waals surface area (Å²) in [6.07, 6.45) is 4.94. The Morgan fingerprint density at radius 2 is 2.00 bits per heavy atom. The minimum atomic E-state index is -0.424. The highest BCUT2D eigenvalue weighted by Gasteiger charge is 2.12. The summed E-state index contributed by atoms with van der Waals surface area (Å²) in [6, 6.07) is 9.86. The summed E-state index contributed by atoms with van der Waals surface area (Å²) in [6.45, 7) is 1.45. The second kappa shape index (κ2) is 6.64. The molecule has 2 heterocycles. The number of hydrogen-bond donors (Lipinski definition) is 1. The number of benzene rings is 1. The number of Topliss-reactive ketones (excluding diaryl/α,β-unsaturated/α-hetero) is 1. The van der Waals surface area contributed by atoms with Crippen LogP contribution in [0, 0.1) is 0 Å². The van der Waals surface area contributed by atoms with Crippen molar-refractivity contribution in [3.63, 3.8) is 0 Å². The van der Waals surface area contributed by atoms with Gasteiger partial charge in [0.05, 0.1) is 16.4 Å². The van der Waals surface area contributed by atoms with Crippen LogP contribution in [0.1, 0.15) is 27.8 Å². The maximum absolute atomic E-state index is 12.4. The first-order valence-electron chi connectivity index (χ1n) is 7.12. The monoisotopic (exact) mass is 340 g/mol. The van der Waals surface area contributed by atoms with Gasteiger partial charge < -0.3 is 5.32 Å². The Bertz CT molecular complexity index is 907. The molecular formula is C17H13ClN4O2. The van der Waals surface area contributed by atoms with Gasteiger partial charge in [0.25, 0.3) is 5.91 Å². The van der Waals surface area contributed by atoms with Crippen LogP contribution in [-0.4, -0.2) is 26.5 Å². The minimum absolute atomic E-state index is 0.110. The summed E-state index contributed by atoms with van der Waals surface area (Å²) in [5.41, 5.74) is 1.75. The molecule has 2 aromatic heterocycles. The zero-order valence-electron chi connectivity index (χ0n) is 12.7. The van der Waals surface area contributed by atoms with Crippen molar-refractivity contribution in [3.8, 4) is 5.69 Å². The lowest BCUT2D eigenvalue weighted by molar-refractivity contribution is 0.100. The van der Waals surface area contributed by atoms with Crippen molar-refractivity contribution >= 4 is 29.0 Å². The Hall–Kier alpha value is -2.99. The van der Waals surface area contributed by atoms with Gasteiger partial charge in [-0.1, -0.05) is 11.6 Å². The molecule has 0 aliphatic rings. The summed E-state index contributed by atoms with van der Waals surface area (Å²) in [5.74, 6) is -0.535. The number of ketones is 1. The van der Waals surface area contributed by atoms with Crippen LogP contribution in [0.15, 0.2) is 55.0 Å². The van der Waals surface area contributed by atoms with Gasteiger partial charge in [0, 0.05) is 24.2 Å². The zero-order chi connectivity index (χ0) is 17.1. The van der Waals surface area contributed by atoms with Gasteiger partial charge in [0.1, 0.15) is 5.69 Å². The van der Waals surface area contributed by atoms with Gasteiger partial charge in [0.2, 0.25) is 0 Å². The van der Waals surface area contributed by atoms with Crippen molar-refractivity contribution in [2.45, 2.75) is 6.92 Å². The predicted octanol–water partition coefficient (Wildman–Crippen LogP) is 3.38. The van der Waals surface area contributed by atoms with E-state index in [1.165, 1.54) is 13.1 Å². The van der Waals surface area contributed by atoms with E-state index in [1.54, 1.807) is 53.5 Å². The smallest absolute Gasteiger partial charge is 0.274 e. The topological polar surface area (TPSA) is 76.9 Å². The fraction of sp³-hybridized carbons (Fsp3) is 0.0588. The molecule has 24 heavy (non-hydrogen) atoms. The number of carbonyl (C=O) groups is 2. The lowest BCUT2D eigenvalue weighted by Crippen LogP contribution is -2.15. The first kappa shape index (κ1) is 15.9. The largest absolute Gasteiger partial charge is 0.319 e. The number of nitrogens with zero attached hydrogens (tertiary/aromatic N) is 3. The molecule has 0 saturated heterocycles. The Kier molecular flexibility index (Phi) is 4.39. The third-order valence-electron chi connectivity index (χ3n) is 3.37. The van der Waals surface area contributed by atoms with Crippen molar-refractivity contribution in [1.29, 1.82) is 0 Å². The van der Waals surface area contributed by atoms with Gasteiger partial charge in [-0.2, -0.15) is 5.10 Å². The predicted molar refractivity (Wildman–Crippen MR) is 90.8 cm³/mol. The van der Waals surface area contributed by atoms with E-state index >= 15 is 0 Å². The van der Waals surface area contributed by atoms with Crippen molar-refractivity contribution in [2.75, 3.05) is 5.32 Å². The Labute approximate surface area is 143 Å². The number of halogens is 1. The summed E-state index contributed by atoms with van der Waals surface area (Å²) in [4.78, 5) is 28.0. The number of anilines is 1. The average molecular weight is 341 g/mol. The molecule has 1 N–H and O–H groups in total. The van der Waals surface area contributed by atoms with Gasteiger partial charge in [-0.15, -0.1) is 0 Å². The molecule has 0 fully saturated rings. The van der Waals surface area contributed by atoms with Gasteiger partial charge in [-0.25, -0.2) is 4.68 Å². The van der Waals surface area contributed by atoms with Crippen LogP contribution in [0.2, 0.25) is 5.02 Å². The molecule has 7 heteroatoms. The number of nitrogens with one attached hydrogen (secondary N) is 1. The summed E-state index contributed by atoms with van der Waals surface area (Å²) >= 11 is 6.08. The van der Waals surface area contributed by atoms with Crippen LogP contribution >= 0.6 is 11.6 Å². The first-order chi connectivity index (χ1) is 11.5. The summed E-state index contributed by atoms with van der Waals surface area (Å²) in [7, 11) is 0. The van der Waals surface area contributed by atoms with Crippen LogP contribution in [0.4, 0.5) is 5.69 Å². The molecule has 1 aromatic carbocycles. The van der Waals surface area contributed by atoms with Crippen LogP contribution in [0.5, 0.6) is 0 Å². The van der Waals surface area contributed by atoms with Crippen molar-refractivity contribution in [1.82, 2.24) is 14.8 Å². The lowest BCUT2D eigenvalue weighted by atomic mass is 10.1. The lowest BCUT2D eigenvalue weighted by Gasteiger charge is -2.09. The van der Waals surface area contributed by atoms with Crippen LogP contribution in [0.25, 0.3) is 5.69 Å². The second-order valence-corrected chi connectivity index (χ2v) is 5.46. The molecule has 6 nitrogen and oxygen atoms in total. The highest BCUT2D eigenvalue weighted by molar-refractivity contribution is 6.34. The van der Waals surface area contributed by atoms with E-state index < -0.39 is 5.91 Å². The Morgan fingerprint density at radius 3 is 2.71 bits per heavy atom. The van der Waals surface area contributed by atoms with Gasteiger partial charge in [-0.05, 0) is 43.3 Å². The number of amides is 1. The molecule has 120 valence electrons. The van der Waals surface area contributed by atoms with Crippen LogP contribution < -0.4 is 5.32 Å². The van der Waals surface area contributed by atoms with Crippen LogP contribution in [0.3, 0.4) is 0 Å². The van der Waals surface area contributed by atoms with E-state index in [9.17, 15) is 9.59 Å². The molecule has 0 unspecified atom stereocenters. The zero-order valence-corrected chi connectivity index (χ0v) is 13.5.